The standard InChI is InChI=1S/C10H16F2O6S/c1-9(2,3)18-8(15)4-5-10(11,12)19(16,17)6-7(13)14/h4-6H2,1-3H3,(H,13,14). The summed E-state index contributed by atoms with van der Waals surface area (Å²) in [7, 11) is -5.14. The molecular weight excluding hydrogens is 286 g/mol. The second-order valence-electron chi connectivity index (χ2n) is 4.88. The van der Waals surface area contributed by atoms with Gasteiger partial charge in [-0.2, -0.15) is 8.78 Å². The van der Waals surface area contributed by atoms with Crippen LogP contribution in [-0.4, -0.2) is 42.1 Å². The molecule has 0 aliphatic rings. The maximum absolute atomic E-state index is 13.3. The highest BCUT2D eigenvalue weighted by Gasteiger charge is 2.46. The number of hydrogen-bond acceptors (Lipinski definition) is 5. The third kappa shape index (κ3) is 6.46. The molecule has 0 saturated heterocycles. The summed E-state index contributed by atoms with van der Waals surface area (Å²) in [5.74, 6) is -4.54. The number of carbonyl (C=O) groups excluding carboxylic acids is 1. The van der Waals surface area contributed by atoms with Crippen LogP contribution in [0.5, 0.6) is 0 Å². The molecule has 0 amide bonds. The van der Waals surface area contributed by atoms with Crippen LogP contribution in [0.15, 0.2) is 0 Å². The van der Waals surface area contributed by atoms with E-state index in [1.807, 2.05) is 0 Å². The molecule has 0 aliphatic carbocycles. The monoisotopic (exact) mass is 302 g/mol. The number of aliphatic carboxylic acids is 1. The molecule has 0 aromatic rings. The summed E-state index contributed by atoms with van der Waals surface area (Å²) in [6.45, 7) is 4.60. The van der Waals surface area contributed by atoms with Crippen LogP contribution in [-0.2, 0) is 24.2 Å². The largest absolute Gasteiger partial charge is 0.480 e. The van der Waals surface area contributed by atoms with Crippen LogP contribution in [0, 0.1) is 0 Å². The molecule has 0 unspecified atom stereocenters. The molecule has 9 heteroatoms. The van der Waals surface area contributed by atoms with Crippen molar-refractivity contribution >= 4 is 21.8 Å². The third-order valence-electron chi connectivity index (χ3n) is 1.81. The fourth-order valence-electron chi connectivity index (χ4n) is 1.06. The Labute approximate surface area is 109 Å². The summed E-state index contributed by atoms with van der Waals surface area (Å²) < 4.78 is 53.5. The van der Waals surface area contributed by atoms with Crippen molar-refractivity contribution in [2.75, 3.05) is 5.75 Å². The number of esters is 1. The van der Waals surface area contributed by atoms with Gasteiger partial charge in [0.1, 0.15) is 5.60 Å². The van der Waals surface area contributed by atoms with Gasteiger partial charge < -0.3 is 9.84 Å². The van der Waals surface area contributed by atoms with E-state index < -0.39 is 51.2 Å². The Morgan fingerprint density at radius 3 is 2.05 bits per heavy atom. The van der Waals surface area contributed by atoms with E-state index in [4.69, 9.17) is 9.84 Å². The Bertz CT molecular complexity index is 449. The Balaban J connectivity index is 4.63. The molecule has 0 aromatic carbocycles. The van der Waals surface area contributed by atoms with E-state index in [9.17, 15) is 26.8 Å². The van der Waals surface area contributed by atoms with Gasteiger partial charge in [-0.25, -0.2) is 8.42 Å². The molecule has 0 atom stereocenters. The number of carboxylic acid groups (broad SMARTS) is 1. The van der Waals surface area contributed by atoms with Crippen LogP contribution < -0.4 is 0 Å². The molecule has 19 heavy (non-hydrogen) atoms. The van der Waals surface area contributed by atoms with E-state index in [-0.39, 0.29) is 0 Å². The normalized spacial score (nSPS) is 13.1. The van der Waals surface area contributed by atoms with Crippen LogP contribution in [0.2, 0.25) is 0 Å². The van der Waals surface area contributed by atoms with Gasteiger partial charge in [-0.05, 0) is 20.8 Å². The van der Waals surface area contributed by atoms with Crippen molar-refractivity contribution in [3.63, 3.8) is 0 Å². The molecule has 6 nitrogen and oxygen atoms in total. The van der Waals surface area contributed by atoms with Crippen molar-refractivity contribution < 1.29 is 36.6 Å². The van der Waals surface area contributed by atoms with Gasteiger partial charge in [-0.1, -0.05) is 0 Å². The molecular formula is C10H16F2O6S. The minimum Gasteiger partial charge on any atom is -0.480 e. The molecule has 0 rings (SSSR count). The first-order valence-corrected chi connectivity index (χ1v) is 6.96. The molecule has 0 fully saturated rings. The Morgan fingerprint density at radius 2 is 1.68 bits per heavy atom. The number of sulfone groups is 1. The van der Waals surface area contributed by atoms with Gasteiger partial charge in [-0.3, -0.25) is 9.59 Å². The first-order chi connectivity index (χ1) is 8.27. The zero-order valence-electron chi connectivity index (χ0n) is 10.8. The molecule has 1 N–H and O–H groups in total. The van der Waals surface area contributed by atoms with Gasteiger partial charge in [-0.15, -0.1) is 0 Å². The smallest absolute Gasteiger partial charge is 0.346 e. The Morgan fingerprint density at radius 1 is 1.21 bits per heavy atom. The molecule has 0 bridgehead atoms. The quantitative estimate of drug-likeness (QED) is 0.740. The number of ether oxygens (including phenoxy) is 1. The lowest BCUT2D eigenvalue weighted by molar-refractivity contribution is -0.155. The van der Waals surface area contributed by atoms with E-state index in [0.717, 1.165) is 0 Å². The summed E-state index contributed by atoms with van der Waals surface area (Å²) in [6.07, 6.45) is -2.12. The van der Waals surface area contributed by atoms with Crippen LogP contribution in [0.1, 0.15) is 33.6 Å². The summed E-state index contributed by atoms with van der Waals surface area (Å²) in [5, 5.41) is 3.96. The first kappa shape index (κ1) is 17.8. The van der Waals surface area contributed by atoms with Gasteiger partial charge >= 0.3 is 17.2 Å². The average Bonchev–Trinajstić information content (AvgIpc) is 2.09. The number of hydrogen-bond donors (Lipinski definition) is 1. The maximum atomic E-state index is 13.3. The number of carboxylic acids is 1. The van der Waals surface area contributed by atoms with E-state index in [1.165, 1.54) is 20.8 Å². The van der Waals surface area contributed by atoms with Gasteiger partial charge in [0, 0.05) is 6.42 Å². The van der Waals surface area contributed by atoms with Crippen molar-refractivity contribution in [2.45, 2.75) is 44.5 Å². The summed E-state index contributed by atoms with van der Waals surface area (Å²) in [6, 6.07) is 0. The molecule has 0 aliphatic heterocycles. The van der Waals surface area contributed by atoms with Crippen LogP contribution >= 0.6 is 0 Å². The fraction of sp³-hybridized carbons (Fsp3) is 0.800. The van der Waals surface area contributed by atoms with Crippen LogP contribution in [0.4, 0.5) is 8.78 Å². The third-order valence-corrected chi connectivity index (χ3v) is 3.55. The molecule has 0 saturated carbocycles. The lowest BCUT2D eigenvalue weighted by Gasteiger charge is -2.20. The Kier molecular flexibility index (Phi) is 5.42. The highest BCUT2D eigenvalue weighted by Crippen LogP contribution is 2.28. The predicted octanol–water partition coefficient (Wildman–Crippen LogP) is 1.20. The van der Waals surface area contributed by atoms with E-state index in [2.05, 4.69) is 0 Å². The van der Waals surface area contributed by atoms with E-state index in [1.54, 1.807) is 0 Å². The van der Waals surface area contributed by atoms with Crippen molar-refractivity contribution in [2.24, 2.45) is 0 Å². The molecule has 0 radical (unpaired) electrons. The zero-order valence-corrected chi connectivity index (χ0v) is 11.6. The summed E-state index contributed by atoms with van der Waals surface area (Å²) >= 11 is 0. The van der Waals surface area contributed by atoms with E-state index >= 15 is 0 Å². The average molecular weight is 302 g/mol. The highest BCUT2D eigenvalue weighted by atomic mass is 32.2. The number of carbonyl (C=O) groups is 2. The molecule has 112 valence electrons. The van der Waals surface area contributed by atoms with Crippen molar-refractivity contribution in [1.29, 1.82) is 0 Å². The minimum atomic E-state index is -5.14. The van der Waals surface area contributed by atoms with Crippen molar-refractivity contribution in [3.8, 4) is 0 Å². The number of rotatable bonds is 6. The fourth-order valence-corrected chi connectivity index (χ4v) is 2.01. The molecule has 0 spiro atoms. The van der Waals surface area contributed by atoms with Crippen molar-refractivity contribution in [3.05, 3.63) is 0 Å². The second-order valence-corrected chi connectivity index (χ2v) is 6.99. The second kappa shape index (κ2) is 5.81. The maximum Gasteiger partial charge on any atom is 0.346 e. The highest BCUT2D eigenvalue weighted by molar-refractivity contribution is 7.93. The van der Waals surface area contributed by atoms with Gasteiger partial charge in [0.25, 0.3) is 0 Å². The van der Waals surface area contributed by atoms with E-state index in [0.29, 0.717) is 0 Å². The zero-order chi connectivity index (χ0) is 15.5. The lowest BCUT2D eigenvalue weighted by Crippen LogP contribution is -2.35. The van der Waals surface area contributed by atoms with Crippen LogP contribution in [0.3, 0.4) is 0 Å². The van der Waals surface area contributed by atoms with Crippen LogP contribution in [0.25, 0.3) is 0 Å². The van der Waals surface area contributed by atoms with Gasteiger partial charge in [0.2, 0.25) is 9.84 Å². The summed E-state index contributed by atoms with van der Waals surface area (Å²) in [4.78, 5) is 21.4. The number of alkyl halides is 2. The number of halogens is 2. The van der Waals surface area contributed by atoms with Gasteiger partial charge in [0.05, 0.1) is 6.42 Å². The molecule has 0 aromatic heterocycles. The predicted molar refractivity (Wildman–Crippen MR) is 61.4 cm³/mol. The SMILES string of the molecule is CC(C)(C)OC(=O)CCC(F)(F)S(=O)(=O)CC(=O)O. The minimum absolute atomic E-state index is 0.816. The van der Waals surface area contributed by atoms with Crippen molar-refractivity contribution in [1.82, 2.24) is 0 Å². The summed E-state index contributed by atoms with van der Waals surface area (Å²) in [5.41, 5.74) is -0.869. The first-order valence-electron chi connectivity index (χ1n) is 5.30. The van der Waals surface area contributed by atoms with Gasteiger partial charge in [0.15, 0.2) is 5.75 Å². The topological polar surface area (TPSA) is 97.7 Å². The molecule has 0 heterocycles. The Hall–Kier alpha value is -1.25. The lowest BCUT2D eigenvalue weighted by atomic mass is 10.2.